The summed E-state index contributed by atoms with van der Waals surface area (Å²) >= 11 is 0. The molecule has 1 unspecified atom stereocenters. The van der Waals surface area contributed by atoms with Gasteiger partial charge in [0.15, 0.2) is 6.10 Å². The Morgan fingerprint density at radius 2 is 1.16 bits per heavy atom. The third-order valence-corrected chi connectivity index (χ3v) is 9.56. The monoisotopic (exact) mass is 836 g/mol. The lowest BCUT2D eigenvalue weighted by molar-refractivity contribution is -0.870. The Labute approximate surface area is 351 Å². The molecule has 0 bridgehead atoms. The molecule has 0 spiro atoms. The number of unbranched alkanes of at least 4 members (excludes halogenated alkanes) is 7. The number of ether oxygens (including phenoxy) is 2. The first kappa shape index (κ1) is 55.1. The molecule has 0 aromatic heterocycles. The number of aliphatic hydroxyl groups excluding tert-OH is 2. The van der Waals surface area contributed by atoms with Crippen LogP contribution in [0.25, 0.3) is 0 Å². The molecule has 0 aliphatic carbocycles. The highest BCUT2D eigenvalue weighted by atomic mass is 31.2. The van der Waals surface area contributed by atoms with Crippen LogP contribution in [0.2, 0.25) is 0 Å². The summed E-state index contributed by atoms with van der Waals surface area (Å²) < 4.78 is 33.6. The van der Waals surface area contributed by atoms with E-state index in [0.717, 1.165) is 57.8 Å². The van der Waals surface area contributed by atoms with Crippen LogP contribution in [0.15, 0.2) is 85.1 Å². The Morgan fingerprint density at radius 1 is 0.638 bits per heavy atom. The van der Waals surface area contributed by atoms with E-state index in [0.29, 0.717) is 36.7 Å². The van der Waals surface area contributed by atoms with Crippen molar-refractivity contribution in [2.24, 2.45) is 0 Å². The molecule has 0 aliphatic heterocycles. The molecule has 58 heavy (non-hydrogen) atoms. The Balaban J connectivity index is 4.71. The summed E-state index contributed by atoms with van der Waals surface area (Å²) in [6.45, 7) is 3.75. The predicted molar refractivity (Wildman–Crippen MR) is 234 cm³/mol. The van der Waals surface area contributed by atoms with Gasteiger partial charge in [0.2, 0.25) is 0 Å². The van der Waals surface area contributed by atoms with E-state index in [1.165, 1.54) is 19.3 Å². The number of allylic oxidation sites excluding steroid dienone is 12. The van der Waals surface area contributed by atoms with E-state index in [4.69, 9.17) is 18.5 Å². The molecule has 0 aliphatic rings. The molecular formula is C46H78NO10P. The van der Waals surface area contributed by atoms with Crippen LogP contribution in [0.3, 0.4) is 0 Å². The van der Waals surface area contributed by atoms with Crippen LogP contribution in [0, 0.1) is 0 Å². The maximum absolute atomic E-state index is 12.7. The zero-order chi connectivity index (χ0) is 43.2. The number of phosphoric ester groups is 1. The second-order valence-corrected chi connectivity index (χ2v) is 16.8. The summed E-state index contributed by atoms with van der Waals surface area (Å²) in [5.41, 5.74) is 0. The predicted octanol–water partition coefficient (Wildman–Crippen LogP) is 9.33. The van der Waals surface area contributed by atoms with Gasteiger partial charge >= 0.3 is 11.9 Å². The van der Waals surface area contributed by atoms with Crippen LogP contribution in [-0.4, -0.2) is 92.5 Å². The Kier molecular flexibility index (Phi) is 35.3. The van der Waals surface area contributed by atoms with Crippen molar-refractivity contribution >= 4 is 19.8 Å². The van der Waals surface area contributed by atoms with E-state index < -0.39 is 44.7 Å². The van der Waals surface area contributed by atoms with E-state index >= 15 is 0 Å². The lowest BCUT2D eigenvalue weighted by Gasteiger charge is -2.28. The Morgan fingerprint density at radius 3 is 1.74 bits per heavy atom. The molecule has 0 aromatic carbocycles. The largest absolute Gasteiger partial charge is 0.756 e. The van der Waals surface area contributed by atoms with Gasteiger partial charge < -0.3 is 38.1 Å². The third kappa shape index (κ3) is 39.9. The zero-order valence-corrected chi connectivity index (χ0v) is 37.3. The van der Waals surface area contributed by atoms with E-state index in [1.54, 1.807) is 18.2 Å². The molecule has 0 saturated heterocycles. The molecule has 0 amide bonds. The molecule has 4 atom stereocenters. The van der Waals surface area contributed by atoms with Crippen molar-refractivity contribution in [2.75, 3.05) is 47.5 Å². The number of carbonyl (C=O) groups is 2. The molecule has 11 nitrogen and oxygen atoms in total. The van der Waals surface area contributed by atoms with Crippen molar-refractivity contribution in [3.8, 4) is 0 Å². The van der Waals surface area contributed by atoms with Gasteiger partial charge in [-0.25, -0.2) is 0 Å². The van der Waals surface area contributed by atoms with E-state index in [-0.39, 0.29) is 26.1 Å². The van der Waals surface area contributed by atoms with Crippen molar-refractivity contribution in [3.05, 3.63) is 85.1 Å². The van der Waals surface area contributed by atoms with Gasteiger partial charge in [0.1, 0.15) is 19.8 Å². The highest BCUT2D eigenvalue weighted by Crippen LogP contribution is 2.38. The highest BCUT2D eigenvalue weighted by molar-refractivity contribution is 7.45. The minimum Gasteiger partial charge on any atom is -0.756 e. The Hall–Kier alpha value is -2.89. The van der Waals surface area contributed by atoms with Crippen LogP contribution < -0.4 is 4.89 Å². The summed E-state index contributed by atoms with van der Waals surface area (Å²) in [7, 11) is 0.982. The van der Waals surface area contributed by atoms with Gasteiger partial charge in [0, 0.05) is 12.8 Å². The van der Waals surface area contributed by atoms with Crippen LogP contribution in [-0.2, 0) is 32.7 Å². The number of nitrogens with zero attached hydrogens (tertiary/aromatic N) is 1. The number of carbonyl (C=O) groups excluding carboxylic acids is 2. The van der Waals surface area contributed by atoms with Gasteiger partial charge in [-0.05, 0) is 70.6 Å². The number of likely N-dealkylation sites (N-methyl/N-ethyl adjacent to an activating group) is 1. The molecule has 0 fully saturated rings. The summed E-state index contributed by atoms with van der Waals surface area (Å²) in [5, 5.41) is 20.2. The van der Waals surface area contributed by atoms with Gasteiger partial charge in [-0.2, -0.15) is 0 Å². The minimum atomic E-state index is -4.70. The molecule has 0 aromatic rings. The summed E-state index contributed by atoms with van der Waals surface area (Å²) in [6, 6.07) is 0. The first-order valence-corrected chi connectivity index (χ1v) is 23.0. The van der Waals surface area contributed by atoms with Crippen LogP contribution in [0.5, 0.6) is 0 Å². The maximum Gasteiger partial charge on any atom is 0.306 e. The highest BCUT2D eigenvalue weighted by Gasteiger charge is 2.22. The molecule has 2 N–H and O–H groups in total. The van der Waals surface area contributed by atoms with Crippen molar-refractivity contribution in [1.82, 2.24) is 0 Å². The van der Waals surface area contributed by atoms with E-state index in [2.05, 4.69) is 50.3 Å². The molecule has 0 rings (SSSR count). The molecule has 332 valence electrons. The maximum atomic E-state index is 12.7. The number of rotatable bonds is 37. The fourth-order valence-corrected chi connectivity index (χ4v) is 5.84. The van der Waals surface area contributed by atoms with Gasteiger partial charge in [-0.1, -0.05) is 131 Å². The SMILES string of the molecule is CCCCC/C=C\C/C=C\C/C=C\CCCCC(=O)OC[C@H](COP(=O)([O-])OCC[N+](C)(C)C)OC(=O)CCC[C@H](O)/C=C/C=C\C/C=C\C=C\[C@H](O)CCCCC. The number of hydrogen-bond donors (Lipinski definition) is 2. The number of aliphatic hydroxyl groups is 2. The van der Waals surface area contributed by atoms with Crippen molar-refractivity contribution in [2.45, 2.75) is 148 Å². The molecule has 0 heterocycles. The second-order valence-electron chi connectivity index (χ2n) is 15.4. The zero-order valence-electron chi connectivity index (χ0n) is 36.4. The van der Waals surface area contributed by atoms with Crippen LogP contribution >= 0.6 is 7.82 Å². The lowest BCUT2D eigenvalue weighted by atomic mass is 10.1. The van der Waals surface area contributed by atoms with Crippen molar-refractivity contribution < 1.29 is 52.3 Å². The van der Waals surface area contributed by atoms with Gasteiger partial charge in [0.05, 0.1) is 40.0 Å². The quantitative estimate of drug-likeness (QED) is 0.0155. The topological polar surface area (TPSA) is 152 Å². The number of esters is 2. The molecular weight excluding hydrogens is 757 g/mol. The molecule has 0 saturated carbocycles. The minimum absolute atomic E-state index is 0.0364. The second kappa shape index (κ2) is 37.1. The van der Waals surface area contributed by atoms with Gasteiger partial charge in [0.25, 0.3) is 7.82 Å². The van der Waals surface area contributed by atoms with Crippen LogP contribution in [0.4, 0.5) is 0 Å². The lowest BCUT2D eigenvalue weighted by Crippen LogP contribution is -2.37. The number of phosphoric acid groups is 1. The van der Waals surface area contributed by atoms with Crippen molar-refractivity contribution in [1.29, 1.82) is 0 Å². The molecule has 12 heteroatoms. The Bertz CT molecular complexity index is 1300. The smallest absolute Gasteiger partial charge is 0.306 e. The van der Waals surface area contributed by atoms with E-state index in [9.17, 15) is 29.3 Å². The summed E-state index contributed by atoms with van der Waals surface area (Å²) in [5.74, 6) is -1.12. The fourth-order valence-electron chi connectivity index (χ4n) is 5.11. The average Bonchev–Trinajstić information content (AvgIpc) is 3.16. The van der Waals surface area contributed by atoms with Crippen LogP contribution in [0.1, 0.15) is 129 Å². The van der Waals surface area contributed by atoms with Gasteiger partial charge in [-0.3, -0.25) is 14.2 Å². The van der Waals surface area contributed by atoms with Crippen molar-refractivity contribution in [3.63, 3.8) is 0 Å². The number of hydrogen-bond acceptors (Lipinski definition) is 10. The van der Waals surface area contributed by atoms with Gasteiger partial charge in [-0.15, -0.1) is 0 Å². The summed E-state index contributed by atoms with van der Waals surface area (Å²) in [4.78, 5) is 37.5. The number of quaternary nitrogens is 1. The van der Waals surface area contributed by atoms with E-state index in [1.807, 2.05) is 51.5 Å². The third-order valence-electron chi connectivity index (χ3n) is 8.60. The molecule has 0 radical (unpaired) electrons. The summed E-state index contributed by atoms with van der Waals surface area (Å²) in [6.07, 6.45) is 39.7. The first-order chi connectivity index (χ1) is 27.8. The average molecular weight is 836 g/mol. The first-order valence-electron chi connectivity index (χ1n) is 21.5. The fraction of sp³-hybridized carbons (Fsp3) is 0.652. The normalized spacial score (nSPS) is 15.5. The standard InChI is InChI=1S/C46H78NO10P/c1-6-8-10-11-12-13-14-15-16-17-18-19-23-26-30-36-45(50)54-40-44(41-56-58(52,53)55-39-38-47(3,4)5)57-46(51)37-31-35-43(49)34-29-25-22-20-21-24-28-33-42(48)32-27-9-7-2/h12-13,15-16,18-19,21-22,24-25,28-29,33-34,42-44,48-49H,6-11,14,17,20,23,26-27,30-32,35-41H2,1-5H3/b13-12-,16-15-,19-18-,24-21-,25-22-,33-28+,34-29+/t42-,43-,44-/m1/s1.